The van der Waals surface area contributed by atoms with Gasteiger partial charge in [0.05, 0.1) is 0 Å². The van der Waals surface area contributed by atoms with Crippen molar-refractivity contribution in [3.63, 3.8) is 0 Å². The maximum atomic E-state index is 12.3. The lowest BCUT2D eigenvalue weighted by Crippen LogP contribution is -2.41. The Balaban J connectivity index is 1.49. The highest BCUT2D eigenvalue weighted by molar-refractivity contribution is 6.02. The number of rotatable bonds is 6. The van der Waals surface area contributed by atoms with Crippen molar-refractivity contribution in [2.75, 3.05) is 0 Å². The minimum absolute atomic E-state index is 0.148. The predicted molar refractivity (Wildman–Crippen MR) is 129 cm³/mol. The van der Waals surface area contributed by atoms with E-state index in [1.807, 2.05) is 60.7 Å². The second kappa shape index (κ2) is 12.2. The van der Waals surface area contributed by atoms with E-state index < -0.39 is 23.6 Å². The number of benzene rings is 3. The summed E-state index contributed by atoms with van der Waals surface area (Å²) in [6.45, 7) is 0. The highest BCUT2D eigenvalue weighted by atomic mass is 16.2. The van der Waals surface area contributed by atoms with Crippen LogP contribution in [-0.2, 0) is 9.59 Å². The molecule has 0 spiro atoms. The molecule has 0 heterocycles. The summed E-state index contributed by atoms with van der Waals surface area (Å²) in [6.07, 6.45) is 5.79. The highest BCUT2D eigenvalue weighted by Crippen LogP contribution is 2.05. The van der Waals surface area contributed by atoms with Gasteiger partial charge in [0.25, 0.3) is 23.6 Å². The van der Waals surface area contributed by atoms with Crippen molar-refractivity contribution in [3.05, 3.63) is 119 Å². The fourth-order valence-corrected chi connectivity index (χ4v) is 2.74. The molecule has 0 saturated carbocycles. The summed E-state index contributed by atoms with van der Waals surface area (Å²) in [5, 5.41) is 0. The van der Waals surface area contributed by atoms with Crippen molar-refractivity contribution in [1.29, 1.82) is 0 Å². The number of carbonyl (C=O) groups is 4. The van der Waals surface area contributed by atoms with Crippen LogP contribution < -0.4 is 21.7 Å². The standard InChI is InChI=1S/C26H22N4O4/c31-23(16-14-19-8-3-1-4-9-19)27-29-25(33)21-12-7-13-22(18-21)26(34)30-28-24(32)17-15-20-10-5-2-6-11-20/h1-18H,(H,27,31)(H,28,32)(H,29,33)(H,30,34)/b16-14+,17-15+. The lowest BCUT2D eigenvalue weighted by molar-refractivity contribution is -0.117. The van der Waals surface area contributed by atoms with Crippen molar-refractivity contribution in [1.82, 2.24) is 21.7 Å². The summed E-state index contributed by atoms with van der Waals surface area (Å²) >= 11 is 0. The smallest absolute Gasteiger partial charge is 0.268 e. The predicted octanol–water partition coefficient (Wildman–Crippen LogP) is 2.64. The van der Waals surface area contributed by atoms with Gasteiger partial charge in [0.1, 0.15) is 0 Å². The van der Waals surface area contributed by atoms with Crippen LogP contribution in [0.15, 0.2) is 97.1 Å². The van der Waals surface area contributed by atoms with Gasteiger partial charge in [-0.15, -0.1) is 0 Å². The maximum Gasteiger partial charge on any atom is 0.269 e. The van der Waals surface area contributed by atoms with Gasteiger partial charge in [0, 0.05) is 23.3 Å². The lowest BCUT2D eigenvalue weighted by Gasteiger charge is -2.08. The first-order valence-electron chi connectivity index (χ1n) is 10.3. The van der Waals surface area contributed by atoms with Crippen LogP contribution in [0.25, 0.3) is 12.2 Å². The Bertz CT molecular complexity index is 1130. The topological polar surface area (TPSA) is 116 Å². The van der Waals surface area contributed by atoms with E-state index in [0.29, 0.717) is 0 Å². The number of hydrogen-bond acceptors (Lipinski definition) is 4. The molecule has 34 heavy (non-hydrogen) atoms. The first-order chi connectivity index (χ1) is 16.5. The van der Waals surface area contributed by atoms with Gasteiger partial charge < -0.3 is 0 Å². The van der Waals surface area contributed by atoms with Crippen molar-refractivity contribution < 1.29 is 19.2 Å². The van der Waals surface area contributed by atoms with Gasteiger partial charge in [0.15, 0.2) is 0 Å². The molecule has 0 aliphatic rings. The Labute approximate surface area is 196 Å². The Morgan fingerprint density at radius 2 is 0.912 bits per heavy atom. The number of hydrogen-bond donors (Lipinski definition) is 4. The van der Waals surface area contributed by atoms with Crippen molar-refractivity contribution in [3.8, 4) is 0 Å². The third-order valence-corrected chi connectivity index (χ3v) is 4.44. The Hall–Kier alpha value is -4.98. The number of hydrazine groups is 2. The molecule has 8 heteroatoms. The zero-order valence-corrected chi connectivity index (χ0v) is 18.0. The average molecular weight is 454 g/mol. The van der Waals surface area contributed by atoms with E-state index in [1.54, 1.807) is 12.2 Å². The van der Waals surface area contributed by atoms with Crippen LogP contribution in [0.3, 0.4) is 0 Å². The molecule has 4 N–H and O–H groups in total. The molecule has 3 aromatic carbocycles. The van der Waals surface area contributed by atoms with Crippen molar-refractivity contribution in [2.24, 2.45) is 0 Å². The minimum Gasteiger partial charge on any atom is -0.268 e. The Morgan fingerprint density at radius 3 is 1.32 bits per heavy atom. The molecule has 0 aromatic heterocycles. The van der Waals surface area contributed by atoms with Crippen LogP contribution in [0.5, 0.6) is 0 Å². The molecule has 0 aliphatic heterocycles. The van der Waals surface area contributed by atoms with Gasteiger partial charge >= 0.3 is 0 Å². The van der Waals surface area contributed by atoms with E-state index >= 15 is 0 Å². The summed E-state index contributed by atoms with van der Waals surface area (Å²) in [6, 6.07) is 24.3. The summed E-state index contributed by atoms with van der Waals surface area (Å²) in [4.78, 5) is 48.4. The van der Waals surface area contributed by atoms with Crippen LogP contribution in [0.4, 0.5) is 0 Å². The molecule has 4 amide bonds. The van der Waals surface area contributed by atoms with Gasteiger partial charge in [-0.3, -0.25) is 40.9 Å². The molecule has 0 unspecified atom stereocenters. The van der Waals surface area contributed by atoms with E-state index in [4.69, 9.17) is 0 Å². The first kappa shape index (κ1) is 23.7. The van der Waals surface area contributed by atoms with Crippen LogP contribution in [0.2, 0.25) is 0 Å². The summed E-state index contributed by atoms with van der Waals surface area (Å²) < 4.78 is 0. The summed E-state index contributed by atoms with van der Waals surface area (Å²) in [5.74, 6) is -2.24. The van der Waals surface area contributed by atoms with E-state index in [2.05, 4.69) is 21.7 Å². The van der Waals surface area contributed by atoms with Crippen LogP contribution in [0.1, 0.15) is 31.8 Å². The van der Waals surface area contributed by atoms with Crippen molar-refractivity contribution >= 4 is 35.8 Å². The molecular formula is C26H22N4O4. The summed E-state index contributed by atoms with van der Waals surface area (Å²) in [5.41, 5.74) is 11.1. The maximum absolute atomic E-state index is 12.3. The molecule has 0 atom stereocenters. The zero-order chi connectivity index (χ0) is 24.2. The molecule has 8 nitrogen and oxygen atoms in total. The van der Waals surface area contributed by atoms with E-state index in [9.17, 15) is 19.2 Å². The quantitative estimate of drug-likeness (QED) is 0.338. The van der Waals surface area contributed by atoms with Gasteiger partial charge in [-0.05, 0) is 41.5 Å². The SMILES string of the molecule is O=C(/C=C/c1ccccc1)NNC(=O)c1cccc(C(=O)NNC(=O)/C=C/c2ccccc2)c1. The second-order valence-electron chi connectivity index (χ2n) is 6.96. The van der Waals surface area contributed by atoms with E-state index in [1.165, 1.54) is 36.4 Å². The molecule has 0 radical (unpaired) electrons. The Kier molecular flexibility index (Phi) is 8.47. The minimum atomic E-state index is -0.606. The number of carbonyl (C=O) groups excluding carboxylic acids is 4. The number of nitrogens with one attached hydrogen (secondary N) is 4. The van der Waals surface area contributed by atoms with E-state index in [0.717, 1.165) is 11.1 Å². The fraction of sp³-hybridized carbons (Fsp3) is 0. The first-order valence-corrected chi connectivity index (χ1v) is 10.3. The molecule has 0 fully saturated rings. The zero-order valence-electron chi connectivity index (χ0n) is 18.0. The third kappa shape index (κ3) is 7.61. The molecule has 0 bridgehead atoms. The molecule has 0 saturated heterocycles. The van der Waals surface area contributed by atoms with Gasteiger partial charge in [-0.2, -0.15) is 0 Å². The Morgan fingerprint density at radius 1 is 0.500 bits per heavy atom. The summed E-state index contributed by atoms with van der Waals surface area (Å²) in [7, 11) is 0. The second-order valence-corrected chi connectivity index (χ2v) is 6.96. The van der Waals surface area contributed by atoms with Crippen molar-refractivity contribution in [2.45, 2.75) is 0 Å². The molecule has 3 aromatic rings. The monoisotopic (exact) mass is 454 g/mol. The van der Waals surface area contributed by atoms with E-state index in [-0.39, 0.29) is 11.1 Å². The third-order valence-electron chi connectivity index (χ3n) is 4.44. The molecule has 3 rings (SSSR count). The average Bonchev–Trinajstić information content (AvgIpc) is 2.89. The van der Waals surface area contributed by atoms with Crippen LogP contribution in [0, 0.1) is 0 Å². The normalized spacial score (nSPS) is 10.6. The largest absolute Gasteiger partial charge is 0.269 e. The van der Waals surface area contributed by atoms with Crippen LogP contribution >= 0.6 is 0 Å². The fourth-order valence-electron chi connectivity index (χ4n) is 2.74. The lowest BCUT2D eigenvalue weighted by atomic mass is 10.1. The molecular weight excluding hydrogens is 432 g/mol. The molecule has 0 aliphatic carbocycles. The van der Waals surface area contributed by atoms with Gasteiger partial charge in [-0.25, -0.2) is 0 Å². The molecule has 170 valence electrons. The number of amides is 4. The van der Waals surface area contributed by atoms with Gasteiger partial charge in [0.2, 0.25) is 0 Å². The van der Waals surface area contributed by atoms with Crippen LogP contribution in [-0.4, -0.2) is 23.6 Å². The highest BCUT2D eigenvalue weighted by Gasteiger charge is 2.11. The van der Waals surface area contributed by atoms with Gasteiger partial charge in [-0.1, -0.05) is 66.7 Å².